The van der Waals surface area contributed by atoms with E-state index in [0.717, 1.165) is 24.0 Å². The van der Waals surface area contributed by atoms with Gasteiger partial charge in [-0.2, -0.15) is 9.67 Å². The van der Waals surface area contributed by atoms with Gasteiger partial charge in [-0.15, -0.1) is 5.10 Å². The monoisotopic (exact) mass is 316 g/mol. The van der Waals surface area contributed by atoms with E-state index in [2.05, 4.69) is 22.0 Å². The summed E-state index contributed by atoms with van der Waals surface area (Å²) in [5.41, 5.74) is 12.1. The molecule has 1 aromatic heterocycles. The molecule has 0 saturated heterocycles. The van der Waals surface area contributed by atoms with Gasteiger partial charge in [-0.1, -0.05) is 12.8 Å². The quantitative estimate of drug-likeness (QED) is 0.842. The van der Waals surface area contributed by atoms with Crippen molar-refractivity contribution in [1.29, 1.82) is 0 Å². The number of benzene rings is 1. The Morgan fingerprint density at radius 2 is 1.91 bits per heavy atom. The lowest BCUT2D eigenvalue weighted by molar-refractivity contribution is 0.193. The van der Waals surface area contributed by atoms with Crippen LogP contribution in [-0.4, -0.2) is 45.9 Å². The van der Waals surface area contributed by atoms with E-state index >= 15 is 0 Å². The molecule has 0 aliphatic heterocycles. The summed E-state index contributed by atoms with van der Waals surface area (Å²) in [6, 6.07) is 8.31. The highest BCUT2D eigenvalue weighted by molar-refractivity contribution is 5.42. The number of nitrogens with zero attached hydrogens (tertiary/aromatic N) is 4. The molecule has 23 heavy (non-hydrogen) atoms. The largest absolute Gasteiger partial charge is 0.492 e. The summed E-state index contributed by atoms with van der Waals surface area (Å²) in [5, 5.41) is 4.05. The number of hydrogen-bond acceptors (Lipinski definition) is 6. The molecule has 1 heterocycles. The average molecular weight is 316 g/mol. The second-order valence-corrected chi connectivity index (χ2v) is 6.00. The first-order valence-electron chi connectivity index (χ1n) is 8.05. The molecule has 0 atom stereocenters. The van der Waals surface area contributed by atoms with E-state index in [1.165, 1.54) is 30.4 Å². The van der Waals surface area contributed by atoms with Gasteiger partial charge < -0.3 is 21.1 Å². The molecular weight excluding hydrogens is 292 g/mol. The fourth-order valence-corrected chi connectivity index (χ4v) is 3.05. The van der Waals surface area contributed by atoms with Crippen molar-refractivity contribution >= 4 is 11.9 Å². The van der Waals surface area contributed by atoms with E-state index < -0.39 is 0 Å². The Morgan fingerprint density at radius 3 is 2.52 bits per heavy atom. The van der Waals surface area contributed by atoms with Crippen molar-refractivity contribution in [3.8, 4) is 11.4 Å². The Kier molecular flexibility index (Phi) is 4.66. The van der Waals surface area contributed by atoms with Crippen molar-refractivity contribution in [2.75, 3.05) is 31.7 Å². The Labute approximate surface area is 136 Å². The molecule has 4 N–H and O–H groups in total. The second kappa shape index (κ2) is 6.87. The molecule has 0 radical (unpaired) electrons. The zero-order valence-corrected chi connectivity index (χ0v) is 13.5. The lowest BCUT2D eigenvalue weighted by Gasteiger charge is -2.23. The Hall–Kier alpha value is -2.28. The Balaban J connectivity index is 1.52. The van der Waals surface area contributed by atoms with Gasteiger partial charge in [0.1, 0.15) is 12.4 Å². The van der Waals surface area contributed by atoms with E-state index in [-0.39, 0.29) is 11.9 Å². The van der Waals surface area contributed by atoms with Crippen LogP contribution in [0.15, 0.2) is 24.3 Å². The third-order valence-electron chi connectivity index (χ3n) is 4.39. The third kappa shape index (κ3) is 3.73. The van der Waals surface area contributed by atoms with Crippen molar-refractivity contribution in [3.05, 3.63) is 24.3 Å². The summed E-state index contributed by atoms with van der Waals surface area (Å²) in [4.78, 5) is 6.29. The highest BCUT2D eigenvalue weighted by Crippen LogP contribution is 2.22. The summed E-state index contributed by atoms with van der Waals surface area (Å²) < 4.78 is 7.33. The minimum atomic E-state index is 0.165. The number of anilines is 2. The topological polar surface area (TPSA) is 95.2 Å². The van der Waals surface area contributed by atoms with Gasteiger partial charge in [0.25, 0.3) is 0 Å². The van der Waals surface area contributed by atoms with Gasteiger partial charge in [0.2, 0.25) is 11.9 Å². The molecule has 0 unspecified atom stereocenters. The highest BCUT2D eigenvalue weighted by Gasteiger charge is 2.18. The minimum absolute atomic E-state index is 0.165. The summed E-state index contributed by atoms with van der Waals surface area (Å²) >= 11 is 0. The second-order valence-electron chi connectivity index (χ2n) is 6.00. The van der Waals surface area contributed by atoms with Crippen LogP contribution in [0.3, 0.4) is 0 Å². The molecule has 3 rings (SSSR count). The lowest BCUT2D eigenvalue weighted by atomic mass is 10.2. The van der Waals surface area contributed by atoms with Gasteiger partial charge in [0.15, 0.2) is 0 Å². The number of hydrogen-bond donors (Lipinski definition) is 2. The predicted octanol–water partition coefficient (Wildman–Crippen LogP) is 1.68. The van der Waals surface area contributed by atoms with Crippen LogP contribution < -0.4 is 16.2 Å². The van der Waals surface area contributed by atoms with E-state index in [4.69, 9.17) is 16.2 Å². The first kappa shape index (κ1) is 15.6. The zero-order chi connectivity index (χ0) is 16.2. The maximum absolute atomic E-state index is 5.82. The number of likely N-dealkylation sites (N-methyl/N-ethyl adjacent to an activating group) is 1. The van der Waals surface area contributed by atoms with Gasteiger partial charge in [0, 0.05) is 12.6 Å². The molecule has 1 aliphatic carbocycles. The maximum atomic E-state index is 5.82. The SMILES string of the molecule is CN(CCOc1ccc(-n2nc(N)nc2N)cc1)C1CCCC1. The molecule has 1 saturated carbocycles. The number of rotatable bonds is 6. The summed E-state index contributed by atoms with van der Waals surface area (Å²) in [5.74, 6) is 1.27. The predicted molar refractivity (Wildman–Crippen MR) is 90.6 cm³/mol. The van der Waals surface area contributed by atoms with Crippen LogP contribution in [0.5, 0.6) is 5.75 Å². The summed E-state index contributed by atoms with van der Waals surface area (Å²) in [6.45, 7) is 1.63. The standard InChI is InChI=1S/C16H24N6O/c1-21(12-4-2-3-5-12)10-11-23-14-8-6-13(7-9-14)22-16(18)19-15(17)20-22/h6-9,12H,2-5,10-11H2,1H3,(H4,17,18,19,20). The number of aromatic nitrogens is 3. The van der Waals surface area contributed by atoms with Crippen LogP contribution in [0, 0.1) is 0 Å². The average Bonchev–Trinajstić information content (AvgIpc) is 3.18. The normalized spacial score (nSPS) is 15.4. The smallest absolute Gasteiger partial charge is 0.241 e. The minimum Gasteiger partial charge on any atom is -0.492 e. The highest BCUT2D eigenvalue weighted by atomic mass is 16.5. The van der Waals surface area contributed by atoms with Gasteiger partial charge in [-0.05, 0) is 44.2 Å². The molecule has 0 amide bonds. The zero-order valence-electron chi connectivity index (χ0n) is 13.5. The molecule has 7 nitrogen and oxygen atoms in total. The van der Waals surface area contributed by atoms with Crippen LogP contribution >= 0.6 is 0 Å². The molecule has 0 spiro atoms. The van der Waals surface area contributed by atoms with Crippen LogP contribution in [0.2, 0.25) is 0 Å². The molecular formula is C16H24N6O. The molecule has 0 bridgehead atoms. The van der Waals surface area contributed by atoms with Crippen LogP contribution in [0.4, 0.5) is 11.9 Å². The van der Waals surface area contributed by atoms with Crippen molar-refractivity contribution in [1.82, 2.24) is 19.7 Å². The Bertz CT molecular complexity index is 633. The van der Waals surface area contributed by atoms with Crippen LogP contribution in [0.1, 0.15) is 25.7 Å². The van der Waals surface area contributed by atoms with E-state index in [1.807, 2.05) is 24.3 Å². The first-order chi connectivity index (χ1) is 11.1. The molecule has 1 aliphatic rings. The van der Waals surface area contributed by atoms with E-state index in [1.54, 1.807) is 0 Å². The van der Waals surface area contributed by atoms with Crippen LogP contribution in [0.25, 0.3) is 5.69 Å². The molecule has 2 aromatic rings. The van der Waals surface area contributed by atoms with Crippen molar-refractivity contribution in [2.45, 2.75) is 31.7 Å². The number of ether oxygens (including phenoxy) is 1. The van der Waals surface area contributed by atoms with Crippen molar-refractivity contribution < 1.29 is 4.74 Å². The molecule has 124 valence electrons. The molecule has 1 fully saturated rings. The Morgan fingerprint density at radius 1 is 1.22 bits per heavy atom. The van der Waals surface area contributed by atoms with Gasteiger partial charge in [-0.25, -0.2) is 0 Å². The van der Waals surface area contributed by atoms with Crippen LogP contribution in [-0.2, 0) is 0 Å². The van der Waals surface area contributed by atoms with Gasteiger partial charge in [0.05, 0.1) is 5.69 Å². The third-order valence-corrected chi connectivity index (χ3v) is 4.39. The van der Waals surface area contributed by atoms with Crippen molar-refractivity contribution in [3.63, 3.8) is 0 Å². The molecule has 7 heteroatoms. The van der Waals surface area contributed by atoms with Crippen molar-refractivity contribution in [2.24, 2.45) is 0 Å². The number of nitrogen functional groups attached to an aromatic ring is 2. The van der Waals surface area contributed by atoms with Gasteiger partial charge >= 0.3 is 0 Å². The molecule has 1 aromatic carbocycles. The van der Waals surface area contributed by atoms with Gasteiger partial charge in [-0.3, -0.25) is 0 Å². The lowest BCUT2D eigenvalue weighted by Crippen LogP contribution is -2.32. The fraction of sp³-hybridized carbons (Fsp3) is 0.500. The van der Waals surface area contributed by atoms with E-state index in [0.29, 0.717) is 6.61 Å². The number of nitrogens with two attached hydrogens (primary N) is 2. The summed E-state index contributed by atoms with van der Waals surface area (Å²) in [6.07, 6.45) is 5.34. The summed E-state index contributed by atoms with van der Waals surface area (Å²) in [7, 11) is 2.18. The fourth-order valence-electron chi connectivity index (χ4n) is 3.05. The van der Waals surface area contributed by atoms with E-state index in [9.17, 15) is 0 Å². The first-order valence-corrected chi connectivity index (χ1v) is 8.05. The maximum Gasteiger partial charge on any atom is 0.241 e.